The molecule has 1 aromatic carbocycles. The normalized spacial score (nSPS) is 12.0. The predicted octanol–water partition coefficient (Wildman–Crippen LogP) is 4.92. The molecule has 0 saturated carbocycles. The van der Waals surface area contributed by atoms with Crippen LogP contribution in [0.5, 0.6) is 11.5 Å². The summed E-state index contributed by atoms with van der Waals surface area (Å²) >= 11 is 0. The third-order valence-electron chi connectivity index (χ3n) is 4.25. The number of carbonyl (C=O) groups is 1. The van der Waals surface area contributed by atoms with Crippen LogP contribution in [0.25, 0.3) is 0 Å². The summed E-state index contributed by atoms with van der Waals surface area (Å²) in [6, 6.07) is 5.70. The van der Waals surface area contributed by atoms with Gasteiger partial charge in [0.1, 0.15) is 12.4 Å². The summed E-state index contributed by atoms with van der Waals surface area (Å²) in [5, 5.41) is 0.117. The van der Waals surface area contributed by atoms with Crippen molar-refractivity contribution in [2.24, 2.45) is 0 Å². The Hall–Kier alpha value is -1.49. The van der Waals surface area contributed by atoms with Crippen LogP contribution < -0.4 is 9.16 Å². The zero-order valence-electron chi connectivity index (χ0n) is 15.5. The lowest BCUT2D eigenvalue weighted by atomic mass is 10.2. The number of rotatable bonds is 7. The maximum atomic E-state index is 11.5. The fourth-order valence-corrected chi connectivity index (χ4v) is 2.78. The van der Waals surface area contributed by atoms with Crippen molar-refractivity contribution in [3.05, 3.63) is 23.8 Å². The Morgan fingerprint density at radius 1 is 1.17 bits per heavy atom. The first kappa shape index (κ1) is 19.6. The molecule has 1 rings (SSSR count). The van der Waals surface area contributed by atoms with Gasteiger partial charge in [-0.3, -0.25) is 4.79 Å². The second kappa shape index (κ2) is 7.86. The van der Waals surface area contributed by atoms with Gasteiger partial charge in [0.05, 0.1) is 7.11 Å². The Bertz CT molecular complexity index is 532. The van der Waals surface area contributed by atoms with Gasteiger partial charge in [0, 0.05) is 6.42 Å². The van der Waals surface area contributed by atoms with E-state index in [4.69, 9.17) is 13.9 Å². The van der Waals surface area contributed by atoms with Crippen LogP contribution in [0.4, 0.5) is 0 Å². The van der Waals surface area contributed by atoms with Gasteiger partial charge < -0.3 is 13.9 Å². The molecule has 0 amide bonds. The Morgan fingerprint density at radius 3 is 2.35 bits per heavy atom. The quantitative estimate of drug-likeness (QED) is 0.523. The maximum absolute atomic E-state index is 11.5. The summed E-state index contributed by atoms with van der Waals surface area (Å²) < 4.78 is 17.0. The Balaban J connectivity index is 2.86. The van der Waals surface area contributed by atoms with Gasteiger partial charge >= 0.3 is 5.97 Å². The fraction of sp³-hybridized carbons (Fsp3) is 0.611. The highest BCUT2D eigenvalue weighted by atomic mass is 28.4. The van der Waals surface area contributed by atoms with Crippen LogP contribution in [-0.2, 0) is 16.1 Å². The van der Waals surface area contributed by atoms with Crippen molar-refractivity contribution >= 4 is 14.3 Å². The highest BCUT2D eigenvalue weighted by molar-refractivity contribution is 6.74. The second-order valence-corrected chi connectivity index (χ2v) is 12.0. The van der Waals surface area contributed by atoms with Crippen molar-refractivity contribution in [2.45, 2.75) is 65.3 Å². The van der Waals surface area contributed by atoms with Gasteiger partial charge in [-0.05, 0) is 42.2 Å². The molecule has 0 aromatic heterocycles. The molecule has 0 bridgehead atoms. The monoisotopic (exact) mass is 338 g/mol. The molecule has 0 fully saturated rings. The smallest absolute Gasteiger partial charge is 0.306 e. The zero-order chi connectivity index (χ0) is 17.7. The molecule has 0 aliphatic rings. The molecule has 0 unspecified atom stereocenters. The molecule has 1 aromatic rings. The van der Waals surface area contributed by atoms with Crippen LogP contribution in [0.1, 0.15) is 46.1 Å². The summed E-state index contributed by atoms with van der Waals surface area (Å²) in [6.45, 7) is 13.2. The van der Waals surface area contributed by atoms with Crippen LogP contribution in [0, 0.1) is 0 Å². The Morgan fingerprint density at radius 2 is 1.83 bits per heavy atom. The molecular weight excluding hydrogens is 308 g/mol. The van der Waals surface area contributed by atoms with E-state index in [0.717, 1.165) is 17.7 Å². The summed E-state index contributed by atoms with van der Waals surface area (Å²) in [5.74, 6) is 1.26. The van der Waals surface area contributed by atoms with E-state index in [0.29, 0.717) is 12.2 Å². The summed E-state index contributed by atoms with van der Waals surface area (Å²) in [5.41, 5.74) is 0.897. The minimum atomic E-state index is -1.92. The molecule has 0 atom stereocenters. The molecule has 0 heterocycles. The molecule has 0 radical (unpaired) electrons. The molecule has 23 heavy (non-hydrogen) atoms. The first-order valence-corrected chi connectivity index (χ1v) is 11.0. The SMILES string of the molecule is CCCC(=O)OCc1ccc(O[Si](C)(C)C(C)(C)C)c(OC)c1. The number of esters is 1. The molecule has 130 valence electrons. The highest BCUT2D eigenvalue weighted by Crippen LogP contribution is 2.40. The van der Waals surface area contributed by atoms with Crippen molar-refractivity contribution in [3.63, 3.8) is 0 Å². The van der Waals surface area contributed by atoms with E-state index in [1.807, 2.05) is 25.1 Å². The van der Waals surface area contributed by atoms with E-state index in [9.17, 15) is 4.79 Å². The first-order valence-electron chi connectivity index (χ1n) is 8.12. The molecular formula is C18H30O4Si. The average molecular weight is 339 g/mol. The van der Waals surface area contributed by atoms with E-state index >= 15 is 0 Å². The second-order valence-electron chi connectivity index (χ2n) is 7.26. The summed E-state index contributed by atoms with van der Waals surface area (Å²) in [7, 11) is -0.298. The van der Waals surface area contributed by atoms with Crippen molar-refractivity contribution in [3.8, 4) is 11.5 Å². The Kier molecular flexibility index (Phi) is 6.68. The van der Waals surface area contributed by atoms with E-state index in [-0.39, 0.29) is 17.6 Å². The van der Waals surface area contributed by atoms with E-state index in [1.165, 1.54) is 0 Å². The lowest BCUT2D eigenvalue weighted by Crippen LogP contribution is -2.43. The topological polar surface area (TPSA) is 44.8 Å². The third kappa shape index (κ3) is 5.57. The molecule has 4 nitrogen and oxygen atoms in total. The number of ether oxygens (including phenoxy) is 2. The number of hydrogen-bond donors (Lipinski definition) is 0. The van der Waals surface area contributed by atoms with E-state index in [2.05, 4.69) is 33.9 Å². The minimum Gasteiger partial charge on any atom is -0.541 e. The van der Waals surface area contributed by atoms with E-state index in [1.54, 1.807) is 7.11 Å². The van der Waals surface area contributed by atoms with Crippen molar-refractivity contribution in [1.82, 2.24) is 0 Å². The number of methoxy groups -OCH3 is 1. The predicted molar refractivity (Wildman–Crippen MR) is 95.5 cm³/mol. The zero-order valence-corrected chi connectivity index (χ0v) is 16.5. The lowest BCUT2D eigenvalue weighted by molar-refractivity contribution is -0.144. The standard InChI is InChI=1S/C18H30O4Si/c1-8-9-17(19)21-13-14-10-11-15(16(12-14)20-5)22-23(6,7)18(2,3)4/h10-12H,8-9,13H2,1-7H3. The maximum Gasteiger partial charge on any atom is 0.306 e. The minimum absolute atomic E-state index is 0.117. The van der Waals surface area contributed by atoms with Crippen molar-refractivity contribution in [1.29, 1.82) is 0 Å². The van der Waals surface area contributed by atoms with Gasteiger partial charge in [-0.1, -0.05) is 33.8 Å². The van der Waals surface area contributed by atoms with Gasteiger partial charge in [-0.15, -0.1) is 0 Å². The van der Waals surface area contributed by atoms with Crippen LogP contribution in [-0.4, -0.2) is 21.4 Å². The van der Waals surface area contributed by atoms with Crippen LogP contribution in [0.15, 0.2) is 18.2 Å². The van der Waals surface area contributed by atoms with Crippen molar-refractivity contribution in [2.75, 3.05) is 7.11 Å². The van der Waals surface area contributed by atoms with Crippen molar-refractivity contribution < 1.29 is 18.7 Å². The van der Waals surface area contributed by atoms with Crippen LogP contribution in [0.2, 0.25) is 18.1 Å². The van der Waals surface area contributed by atoms with E-state index < -0.39 is 8.32 Å². The van der Waals surface area contributed by atoms with Gasteiger partial charge in [0.15, 0.2) is 5.75 Å². The average Bonchev–Trinajstić information content (AvgIpc) is 2.45. The fourth-order valence-electron chi connectivity index (χ4n) is 1.75. The van der Waals surface area contributed by atoms with Crippen LogP contribution >= 0.6 is 0 Å². The number of benzene rings is 1. The number of hydrogen-bond acceptors (Lipinski definition) is 4. The molecule has 0 spiro atoms. The molecule has 0 N–H and O–H groups in total. The lowest BCUT2D eigenvalue weighted by Gasteiger charge is -2.36. The third-order valence-corrected chi connectivity index (χ3v) is 8.60. The molecule has 0 aliphatic carbocycles. The largest absolute Gasteiger partial charge is 0.541 e. The van der Waals surface area contributed by atoms with Gasteiger partial charge in [-0.25, -0.2) is 0 Å². The van der Waals surface area contributed by atoms with Crippen LogP contribution in [0.3, 0.4) is 0 Å². The molecule has 0 aliphatic heterocycles. The van der Waals surface area contributed by atoms with Gasteiger partial charge in [-0.2, -0.15) is 0 Å². The van der Waals surface area contributed by atoms with Gasteiger partial charge in [0.2, 0.25) is 0 Å². The first-order chi connectivity index (χ1) is 10.6. The highest BCUT2D eigenvalue weighted by Gasteiger charge is 2.39. The molecule has 0 saturated heterocycles. The molecule has 5 heteroatoms. The summed E-state index contributed by atoms with van der Waals surface area (Å²) in [4.78, 5) is 11.5. The van der Waals surface area contributed by atoms with Gasteiger partial charge in [0.25, 0.3) is 8.32 Å². The Labute approximate surface area is 141 Å². The summed E-state index contributed by atoms with van der Waals surface area (Å²) in [6.07, 6.45) is 1.24. The number of carbonyl (C=O) groups excluding carboxylic acids is 1.